The second kappa shape index (κ2) is 10.0. The van der Waals surface area contributed by atoms with E-state index in [-0.39, 0.29) is 29.9 Å². The molecule has 3 N–H and O–H groups in total. The van der Waals surface area contributed by atoms with Crippen molar-refractivity contribution in [2.24, 2.45) is 5.92 Å². The zero-order valence-corrected chi connectivity index (χ0v) is 18.8. The van der Waals surface area contributed by atoms with Crippen LogP contribution >= 0.6 is 0 Å². The SMILES string of the molecule is Cc1cccc2c1NC(C(=O)NC(CCC(=O)N1CCOCC1)C1NCCCC1C)C2. The average Bonchev–Trinajstić information content (AvgIpc) is 3.23. The Balaban J connectivity index is 1.40. The zero-order valence-electron chi connectivity index (χ0n) is 18.8. The van der Waals surface area contributed by atoms with Crippen molar-refractivity contribution in [2.45, 2.75) is 64.1 Å². The van der Waals surface area contributed by atoms with E-state index in [4.69, 9.17) is 4.74 Å². The van der Waals surface area contributed by atoms with Crippen LogP contribution in [-0.2, 0) is 20.7 Å². The predicted molar refractivity (Wildman–Crippen MR) is 121 cm³/mol. The minimum atomic E-state index is -0.257. The van der Waals surface area contributed by atoms with Gasteiger partial charge >= 0.3 is 0 Å². The van der Waals surface area contributed by atoms with E-state index in [1.54, 1.807) is 0 Å². The third-order valence-corrected chi connectivity index (χ3v) is 7.04. The number of carbonyl (C=O) groups excluding carboxylic acids is 2. The fourth-order valence-electron chi connectivity index (χ4n) is 5.20. The van der Waals surface area contributed by atoms with Crippen molar-refractivity contribution in [3.8, 4) is 0 Å². The van der Waals surface area contributed by atoms with Gasteiger partial charge in [0.2, 0.25) is 11.8 Å². The van der Waals surface area contributed by atoms with Gasteiger partial charge in [-0.05, 0) is 49.8 Å². The van der Waals surface area contributed by atoms with Crippen LogP contribution < -0.4 is 16.0 Å². The molecule has 3 heterocycles. The van der Waals surface area contributed by atoms with Crippen molar-refractivity contribution < 1.29 is 14.3 Å². The first-order valence-electron chi connectivity index (χ1n) is 11.8. The monoisotopic (exact) mass is 428 g/mol. The molecule has 2 saturated heterocycles. The lowest BCUT2D eigenvalue weighted by molar-refractivity contribution is -0.135. The van der Waals surface area contributed by atoms with Crippen molar-refractivity contribution in [1.82, 2.24) is 15.5 Å². The Hall–Kier alpha value is -2.12. The first kappa shape index (κ1) is 22.1. The largest absolute Gasteiger partial charge is 0.378 e. The lowest BCUT2D eigenvalue weighted by Crippen LogP contribution is -2.57. The Morgan fingerprint density at radius 3 is 2.84 bits per heavy atom. The molecule has 170 valence electrons. The Morgan fingerprint density at radius 1 is 1.29 bits per heavy atom. The van der Waals surface area contributed by atoms with Crippen LogP contribution in [0.4, 0.5) is 5.69 Å². The summed E-state index contributed by atoms with van der Waals surface area (Å²) in [6.07, 6.45) is 4.11. The molecule has 7 heteroatoms. The number of morpholine rings is 1. The molecule has 1 aromatic carbocycles. The summed E-state index contributed by atoms with van der Waals surface area (Å²) in [4.78, 5) is 27.8. The van der Waals surface area contributed by atoms with Crippen molar-refractivity contribution >= 4 is 17.5 Å². The van der Waals surface area contributed by atoms with E-state index in [2.05, 4.69) is 41.9 Å². The number of anilines is 1. The molecule has 4 atom stereocenters. The first-order valence-corrected chi connectivity index (χ1v) is 11.8. The number of fused-ring (bicyclic) bond motifs is 1. The molecule has 0 bridgehead atoms. The van der Waals surface area contributed by atoms with Gasteiger partial charge in [-0.3, -0.25) is 9.59 Å². The van der Waals surface area contributed by atoms with Crippen LogP contribution in [0, 0.1) is 12.8 Å². The van der Waals surface area contributed by atoms with E-state index in [0.717, 1.165) is 25.1 Å². The van der Waals surface area contributed by atoms with E-state index in [9.17, 15) is 9.59 Å². The normalized spacial score (nSPS) is 26.6. The van der Waals surface area contributed by atoms with Crippen molar-refractivity contribution in [3.63, 3.8) is 0 Å². The maximum absolute atomic E-state index is 13.2. The number of ether oxygens (including phenoxy) is 1. The highest BCUT2D eigenvalue weighted by molar-refractivity contribution is 5.88. The van der Waals surface area contributed by atoms with E-state index in [0.29, 0.717) is 51.5 Å². The lowest BCUT2D eigenvalue weighted by Gasteiger charge is -2.37. The highest BCUT2D eigenvalue weighted by atomic mass is 16.5. The molecule has 3 aliphatic rings. The summed E-state index contributed by atoms with van der Waals surface area (Å²) in [5, 5.41) is 10.3. The molecule has 1 aromatic rings. The van der Waals surface area contributed by atoms with Crippen LogP contribution in [0.1, 0.15) is 43.7 Å². The molecule has 4 rings (SSSR count). The third-order valence-electron chi connectivity index (χ3n) is 7.04. The minimum Gasteiger partial charge on any atom is -0.378 e. The topological polar surface area (TPSA) is 82.7 Å². The van der Waals surface area contributed by atoms with Crippen molar-refractivity contribution in [1.29, 1.82) is 0 Å². The molecule has 4 unspecified atom stereocenters. The Bertz CT molecular complexity index is 793. The fourth-order valence-corrected chi connectivity index (χ4v) is 5.20. The molecule has 7 nitrogen and oxygen atoms in total. The van der Waals surface area contributed by atoms with E-state index >= 15 is 0 Å². The van der Waals surface area contributed by atoms with Gasteiger partial charge in [-0.1, -0.05) is 25.1 Å². The number of piperidine rings is 1. The van der Waals surface area contributed by atoms with E-state index in [1.165, 1.54) is 11.1 Å². The number of hydrogen-bond acceptors (Lipinski definition) is 5. The summed E-state index contributed by atoms with van der Waals surface area (Å²) in [5.41, 5.74) is 3.46. The van der Waals surface area contributed by atoms with Crippen LogP contribution in [0.3, 0.4) is 0 Å². The lowest BCUT2D eigenvalue weighted by atomic mass is 9.85. The molecular formula is C24H36N4O3. The van der Waals surface area contributed by atoms with Crippen LogP contribution in [0.2, 0.25) is 0 Å². The molecule has 0 aromatic heterocycles. The zero-order chi connectivity index (χ0) is 21.8. The molecule has 0 aliphatic carbocycles. The molecule has 0 radical (unpaired) electrons. The standard InChI is InChI=1S/C24H36N4O3/c1-16-5-3-7-18-15-20(26-22(16)18)24(30)27-19(23-17(2)6-4-10-25-23)8-9-21(29)28-11-13-31-14-12-28/h3,5,7,17,19-20,23,25-26H,4,6,8-15H2,1-2H3,(H,27,30). The predicted octanol–water partition coefficient (Wildman–Crippen LogP) is 1.84. The summed E-state index contributed by atoms with van der Waals surface area (Å²) >= 11 is 0. The quantitative estimate of drug-likeness (QED) is 0.644. The Labute approximate surface area is 185 Å². The second-order valence-electron chi connectivity index (χ2n) is 9.26. The van der Waals surface area contributed by atoms with Gasteiger partial charge in [0.05, 0.1) is 13.2 Å². The summed E-state index contributed by atoms with van der Waals surface area (Å²) < 4.78 is 5.36. The van der Waals surface area contributed by atoms with Gasteiger partial charge in [0.15, 0.2) is 0 Å². The van der Waals surface area contributed by atoms with Crippen molar-refractivity contribution in [2.75, 3.05) is 38.2 Å². The smallest absolute Gasteiger partial charge is 0.243 e. The number of nitrogens with one attached hydrogen (secondary N) is 3. The number of carbonyl (C=O) groups is 2. The van der Waals surface area contributed by atoms with Crippen LogP contribution in [0.5, 0.6) is 0 Å². The number of amides is 2. The molecule has 3 aliphatic heterocycles. The Kier molecular flexibility index (Phi) is 7.13. The number of aryl methyl sites for hydroxylation is 1. The summed E-state index contributed by atoms with van der Waals surface area (Å²) in [7, 11) is 0. The van der Waals surface area contributed by atoms with Gasteiger partial charge in [0, 0.05) is 43.7 Å². The number of benzene rings is 1. The number of rotatable bonds is 6. The van der Waals surface area contributed by atoms with E-state index in [1.807, 2.05) is 11.0 Å². The fraction of sp³-hybridized carbons (Fsp3) is 0.667. The van der Waals surface area contributed by atoms with Gasteiger partial charge in [-0.15, -0.1) is 0 Å². The number of hydrogen-bond donors (Lipinski definition) is 3. The summed E-state index contributed by atoms with van der Waals surface area (Å²) in [6, 6.07) is 6.09. The average molecular weight is 429 g/mol. The van der Waals surface area contributed by atoms with Gasteiger partial charge < -0.3 is 25.6 Å². The van der Waals surface area contributed by atoms with Crippen molar-refractivity contribution in [3.05, 3.63) is 29.3 Å². The van der Waals surface area contributed by atoms with Crippen LogP contribution in [0.15, 0.2) is 18.2 Å². The molecule has 2 amide bonds. The number of nitrogens with zero attached hydrogens (tertiary/aromatic N) is 1. The Morgan fingerprint density at radius 2 is 2.10 bits per heavy atom. The summed E-state index contributed by atoms with van der Waals surface area (Å²) in [5.74, 6) is 0.653. The molecule has 0 saturated carbocycles. The maximum atomic E-state index is 13.2. The van der Waals surface area contributed by atoms with Crippen LogP contribution in [0.25, 0.3) is 0 Å². The van der Waals surface area contributed by atoms with Crippen LogP contribution in [-0.4, -0.2) is 67.7 Å². The second-order valence-corrected chi connectivity index (χ2v) is 9.26. The first-order chi connectivity index (χ1) is 15.0. The highest BCUT2D eigenvalue weighted by Gasteiger charge is 2.34. The maximum Gasteiger partial charge on any atom is 0.243 e. The molecule has 2 fully saturated rings. The third kappa shape index (κ3) is 5.21. The molecule has 0 spiro atoms. The van der Waals surface area contributed by atoms with Gasteiger partial charge in [-0.2, -0.15) is 0 Å². The number of para-hydroxylation sites is 1. The van der Waals surface area contributed by atoms with E-state index < -0.39 is 0 Å². The van der Waals surface area contributed by atoms with Gasteiger partial charge in [0.1, 0.15) is 6.04 Å². The van der Waals surface area contributed by atoms with Gasteiger partial charge in [-0.25, -0.2) is 0 Å². The van der Waals surface area contributed by atoms with Gasteiger partial charge in [0.25, 0.3) is 0 Å². The highest BCUT2D eigenvalue weighted by Crippen LogP contribution is 2.29. The summed E-state index contributed by atoms with van der Waals surface area (Å²) in [6.45, 7) is 7.83. The molecule has 31 heavy (non-hydrogen) atoms. The minimum absolute atomic E-state index is 0.0268. The molecular weight excluding hydrogens is 392 g/mol.